The van der Waals surface area contributed by atoms with Gasteiger partial charge in [0.25, 0.3) is 0 Å². The number of hydrogen-bond donors (Lipinski definition) is 1. The van der Waals surface area contributed by atoms with Gasteiger partial charge in [-0.15, -0.1) is 0 Å². The number of hydrogen-bond acceptors (Lipinski definition) is 1. The quantitative estimate of drug-likeness (QED) is 0.901. The van der Waals surface area contributed by atoms with Crippen LogP contribution >= 0.6 is 15.9 Å². The van der Waals surface area contributed by atoms with E-state index in [0.29, 0.717) is 0 Å². The summed E-state index contributed by atoms with van der Waals surface area (Å²) in [6.45, 7) is 0.763. The summed E-state index contributed by atoms with van der Waals surface area (Å²) in [4.78, 5) is 0. The van der Waals surface area contributed by atoms with Gasteiger partial charge in [0.05, 0.1) is 0 Å². The van der Waals surface area contributed by atoms with Crippen molar-refractivity contribution in [3.8, 4) is 0 Å². The van der Waals surface area contributed by atoms with Crippen LogP contribution in [0, 0.1) is 0 Å². The lowest BCUT2D eigenvalue weighted by Crippen LogP contribution is -2.31. The first-order valence-corrected chi connectivity index (χ1v) is 7.41. The molecule has 1 aliphatic rings. The molecule has 0 aliphatic heterocycles. The van der Waals surface area contributed by atoms with E-state index in [4.69, 9.17) is 5.73 Å². The minimum Gasteiger partial charge on any atom is -0.350 e. The van der Waals surface area contributed by atoms with Gasteiger partial charge in [-0.05, 0) is 36.6 Å². The summed E-state index contributed by atoms with van der Waals surface area (Å²) in [6, 6.07) is 6.53. The first kappa shape index (κ1) is 12.2. The molecule has 1 aromatic carbocycles. The van der Waals surface area contributed by atoms with Crippen LogP contribution in [0.3, 0.4) is 0 Å². The van der Waals surface area contributed by atoms with E-state index < -0.39 is 0 Å². The topological polar surface area (TPSA) is 30.9 Å². The molecule has 0 atom stereocenters. The Hall–Kier alpha value is -0.800. The summed E-state index contributed by atoms with van der Waals surface area (Å²) in [7, 11) is 2.12. The van der Waals surface area contributed by atoms with Gasteiger partial charge in [0.1, 0.15) is 0 Å². The molecule has 0 amide bonds. The molecule has 18 heavy (non-hydrogen) atoms. The molecule has 2 N–H and O–H groups in total. The van der Waals surface area contributed by atoms with Crippen LogP contribution in [0.1, 0.15) is 31.2 Å². The van der Waals surface area contributed by atoms with Crippen LogP contribution in [0.2, 0.25) is 0 Å². The molecule has 0 bridgehead atoms. The minimum absolute atomic E-state index is 0.209. The van der Waals surface area contributed by atoms with Crippen molar-refractivity contribution in [2.75, 3.05) is 6.54 Å². The molecule has 1 fully saturated rings. The van der Waals surface area contributed by atoms with Gasteiger partial charge in [-0.3, -0.25) is 0 Å². The van der Waals surface area contributed by atoms with Crippen molar-refractivity contribution in [2.24, 2.45) is 12.8 Å². The van der Waals surface area contributed by atoms with Crippen molar-refractivity contribution in [3.05, 3.63) is 34.4 Å². The fourth-order valence-electron chi connectivity index (χ4n) is 3.42. The van der Waals surface area contributed by atoms with Crippen molar-refractivity contribution in [1.82, 2.24) is 4.57 Å². The molecule has 0 radical (unpaired) electrons. The molecule has 3 rings (SSSR count). The fraction of sp³-hybridized carbons (Fsp3) is 0.467. The average Bonchev–Trinajstić information content (AvgIpc) is 2.95. The Kier molecular flexibility index (Phi) is 2.99. The van der Waals surface area contributed by atoms with Gasteiger partial charge >= 0.3 is 0 Å². The lowest BCUT2D eigenvalue weighted by molar-refractivity contribution is 0.456. The van der Waals surface area contributed by atoms with Crippen LogP contribution in [0.25, 0.3) is 10.9 Å². The lowest BCUT2D eigenvalue weighted by atomic mass is 9.79. The summed E-state index contributed by atoms with van der Waals surface area (Å²) in [5, 5.41) is 1.36. The third-order valence-corrected chi connectivity index (χ3v) is 4.97. The number of fused-ring (bicyclic) bond motifs is 1. The van der Waals surface area contributed by atoms with Crippen molar-refractivity contribution in [3.63, 3.8) is 0 Å². The standard InChI is InChI=1S/C15H19BrN2/c1-18-9-13(15(10-17)6-2-3-7-15)12-8-11(16)4-5-14(12)18/h4-5,8-9H,2-3,6-7,10,17H2,1H3. The zero-order valence-corrected chi connectivity index (χ0v) is 12.3. The van der Waals surface area contributed by atoms with Crippen LogP contribution in [-0.2, 0) is 12.5 Å². The molecule has 2 nitrogen and oxygen atoms in total. The molecule has 2 aromatic rings. The number of nitrogens with two attached hydrogens (primary N) is 1. The third kappa shape index (κ3) is 1.72. The molecule has 1 heterocycles. The van der Waals surface area contributed by atoms with E-state index in [1.807, 2.05) is 0 Å². The van der Waals surface area contributed by atoms with Gasteiger partial charge in [-0.1, -0.05) is 28.8 Å². The zero-order valence-electron chi connectivity index (χ0n) is 10.7. The molecule has 0 unspecified atom stereocenters. The molecular weight excluding hydrogens is 288 g/mol. The van der Waals surface area contributed by atoms with Crippen molar-refractivity contribution >= 4 is 26.8 Å². The Labute approximate surface area is 116 Å². The highest BCUT2D eigenvalue weighted by atomic mass is 79.9. The van der Waals surface area contributed by atoms with E-state index in [0.717, 1.165) is 11.0 Å². The monoisotopic (exact) mass is 306 g/mol. The summed E-state index contributed by atoms with van der Waals surface area (Å²) < 4.78 is 3.37. The Morgan fingerprint density at radius 3 is 2.72 bits per heavy atom. The van der Waals surface area contributed by atoms with E-state index in [2.05, 4.69) is 51.9 Å². The second kappa shape index (κ2) is 4.39. The second-order valence-corrected chi connectivity index (χ2v) is 6.42. The number of nitrogens with zero attached hydrogens (tertiary/aromatic N) is 1. The van der Waals surface area contributed by atoms with E-state index in [1.165, 1.54) is 42.1 Å². The van der Waals surface area contributed by atoms with Gasteiger partial charge < -0.3 is 10.3 Å². The number of aromatic nitrogens is 1. The summed E-state index contributed by atoms with van der Waals surface area (Å²) >= 11 is 3.58. The van der Waals surface area contributed by atoms with Crippen LogP contribution in [-0.4, -0.2) is 11.1 Å². The molecule has 3 heteroatoms. The van der Waals surface area contributed by atoms with Crippen LogP contribution < -0.4 is 5.73 Å². The molecular formula is C15H19BrN2. The van der Waals surface area contributed by atoms with Gasteiger partial charge in [0.2, 0.25) is 0 Å². The van der Waals surface area contributed by atoms with Crippen molar-refractivity contribution < 1.29 is 0 Å². The van der Waals surface area contributed by atoms with E-state index in [1.54, 1.807) is 0 Å². The maximum Gasteiger partial charge on any atom is 0.0481 e. The predicted octanol–water partition coefficient (Wildman–Crippen LogP) is 3.71. The Morgan fingerprint density at radius 2 is 2.06 bits per heavy atom. The van der Waals surface area contributed by atoms with Gasteiger partial charge in [0, 0.05) is 40.6 Å². The molecule has 96 valence electrons. The summed E-state index contributed by atoms with van der Waals surface area (Å²) in [5.41, 5.74) is 9.07. The fourth-order valence-corrected chi connectivity index (χ4v) is 3.78. The number of benzene rings is 1. The van der Waals surface area contributed by atoms with E-state index >= 15 is 0 Å². The van der Waals surface area contributed by atoms with E-state index in [9.17, 15) is 0 Å². The predicted molar refractivity (Wildman–Crippen MR) is 79.8 cm³/mol. The Morgan fingerprint density at radius 1 is 1.33 bits per heavy atom. The van der Waals surface area contributed by atoms with E-state index in [-0.39, 0.29) is 5.41 Å². The van der Waals surface area contributed by atoms with Crippen LogP contribution in [0.15, 0.2) is 28.9 Å². The molecule has 0 spiro atoms. The highest BCUT2D eigenvalue weighted by Crippen LogP contribution is 2.43. The molecule has 1 saturated carbocycles. The Balaban J connectivity index is 2.25. The van der Waals surface area contributed by atoms with Gasteiger partial charge in [-0.2, -0.15) is 0 Å². The summed E-state index contributed by atoms with van der Waals surface area (Å²) in [6.07, 6.45) is 7.36. The van der Waals surface area contributed by atoms with Gasteiger partial charge in [-0.25, -0.2) is 0 Å². The molecule has 0 saturated heterocycles. The largest absolute Gasteiger partial charge is 0.350 e. The number of halogens is 1. The van der Waals surface area contributed by atoms with Gasteiger partial charge in [0.15, 0.2) is 0 Å². The van der Waals surface area contributed by atoms with Crippen LogP contribution in [0.5, 0.6) is 0 Å². The van der Waals surface area contributed by atoms with Crippen molar-refractivity contribution in [2.45, 2.75) is 31.1 Å². The number of aryl methyl sites for hydroxylation is 1. The van der Waals surface area contributed by atoms with Crippen LogP contribution in [0.4, 0.5) is 0 Å². The molecule has 1 aliphatic carbocycles. The minimum atomic E-state index is 0.209. The second-order valence-electron chi connectivity index (χ2n) is 5.51. The first-order valence-electron chi connectivity index (χ1n) is 6.61. The normalized spacial score (nSPS) is 18.6. The zero-order chi connectivity index (χ0) is 12.8. The lowest BCUT2D eigenvalue weighted by Gasteiger charge is -2.27. The molecule has 1 aromatic heterocycles. The smallest absolute Gasteiger partial charge is 0.0481 e. The Bertz CT molecular complexity index is 579. The SMILES string of the molecule is Cn1cc(C2(CN)CCCC2)c2cc(Br)ccc21. The average molecular weight is 307 g/mol. The maximum absolute atomic E-state index is 6.12. The highest BCUT2D eigenvalue weighted by molar-refractivity contribution is 9.10. The third-order valence-electron chi connectivity index (χ3n) is 4.47. The highest BCUT2D eigenvalue weighted by Gasteiger charge is 2.36. The van der Waals surface area contributed by atoms with Crippen molar-refractivity contribution in [1.29, 1.82) is 0 Å². The first-order chi connectivity index (χ1) is 8.66. The summed E-state index contributed by atoms with van der Waals surface area (Å²) in [5.74, 6) is 0. The number of rotatable bonds is 2. The maximum atomic E-state index is 6.12.